The second-order valence-electron chi connectivity index (χ2n) is 8.10. The fraction of sp³-hybridized carbons (Fsp3) is 0.148. The highest BCUT2D eigenvalue weighted by atomic mass is 32.2. The summed E-state index contributed by atoms with van der Waals surface area (Å²) in [6.07, 6.45) is 2.06. The van der Waals surface area contributed by atoms with Crippen molar-refractivity contribution in [3.8, 4) is 0 Å². The summed E-state index contributed by atoms with van der Waals surface area (Å²) in [6, 6.07) is 23.5. The molecule has 0 aliphatic rings. The number of para-hydroxylation sites is 2. The fourth-order valence-corrected chi connectivity index (χ4v) is 5.72. The molecular formula is C27H24N4O2S2. The number of hydrogen-bond donors (Lipinski definition) is 2. The maximum Gasteiger partial charge on any atom is 0.251 e. The standard InChI is InChI=1S/C27H24N4O2S2/c1-18-8-2-3-9-19(18)26(33)28-14-15-31-16-24(20-10-4-6-12-22(20)31)34-17-25(32)30-27-29-21-11-5-7-13-23(21)35-27/h2-13,16H,14-15,17H2,1H3,(H,28,33)(H,29,30,32). The summed E-state index contributed by atoms with van der Waals surface area (Å²) in [6.45, 7) is 3.08. The van der Waals surface area contributed by atoms with Gasteiger partial charge in [0.05, 0.1) is 16.0 Å². The zero-order valence-corrected chi connectivity index (χ0v) is 20.8. The Morgan fingerprint density at radius 3 is 2.63 bits per heavy atom. The molecule has 2 amide bonds. The number of hydrogen-bond acceptors (Lipinski definition) is 5. The molecule has 6 nitrogen and oxygen atoms in total. The van der Waals surface area contributed by atoms with Gasteiger partial charge in [-0.2, -0.15) is 0 Å². The van der Waals surface area contributed by atoms with Crippen molar-refractivity contribution in [2.75, 3.05) is 17.6 Å². The van der Waals surface area contributed by atoms with Crippen molar-refractivity contribution in [2.24, 2.45) is 0 Å². The molecule has 0 radical (unpaired) electrons. The van der Waals surface area contributed by atoms with Crippen molar-refractivity contribution in [3.63, 3.8) is 0 Å². The van der Waals surface area contributed by atoms with E-state index in [0.29, 0.717) is 23.8 Å². The topological polar surface area (TPSA) is 76.0 Å². The van der Waals surface area contributed by atoms with Crippen LogP contribution in [0.5, 0.6) is 0 Å². The van der Waals surface area contributed by atoms with Gasteiger partial charge in [-0.05, 0) is 36.8 Å². The monoisotopic (exact) mass is 500 g/mol. The molecular weight excluding hydrogens is 476 g/mol. The van der Waals surface area contributed by atoms with Gasteiger partial charge in [-0.25, -0.2) is 4.98 Å². The number of anilines is 1. The number of fused-ring (bicyclic) bond motifs is 2. The van der Waals surface area contributed by atoms with E-state index in [2.05, 4.69) is 38.5 Å². The van der Waals surface area contributed by atoms with E-state index in [9.17, 15) is 9.59 Å². The van der Waals surface area contributed by atoms with E-state index < -0.39 is 0 Å². The average molecular weight is 501 g/mol. The van der Waals surface area contributed by atoms with E-state index in [1.807, 2.05) is 67.6 Å². The van der Waals surface area contributed by atoms with Crippen molar-refractivity contribution >= 4 is 61.2 Å². The van der Waals surface area contributed by atoms with Gasteiger partial charge >= 0.3 is 0 Å². The molecule has 0 bridgehead atoms. The summed E-state index contributed by atoms with van der Waals surface area (Å²) in [5.41, 5.74) is 3.62. The molecule has 3 aromatic carbocycles. The zero-order valence-electron chi connectivity index (χ0n) is 19.2. The lowest BCUT2D eigenvalue weighted by molar-refractivity contribution is -0.113. The van der Waals surface area contributed by atoms with Crippen LogP contribution in [-0.2, 0) is 11.3 Å². The SMILES string of the molecule is Cc1ccccc1C(=O)NCCn1cc(SCC(=O)Nc2nc3ccccc3s2)c2ccccc21. The van der Waals surface area contributed by atoms with Crippen LogP contribution in [0.25, 0.3) is 21.1 Å². The van der Waals surface area contributed by atoms with Crippen LogP contribution in [0.3, 0.4) is 0 Å². The van der Waals surface area contributed by atoms with Crippen LogP contribution in [0.4, 0.5) is 5.13 Å². The molecule has 0 unspecified atom stereocenters. The number of thiazole rings is 1. The summed E-state index contributed by atoms with van der Waals surface area (Å²) < 4.78 is 3.18. The van der Waals surface area contributed by atoms with Crippen LogP contribution in [0, 0.1) is 6.92 Å². The Morgan fingerprint density at radius 2 is 1.77 bits per heavy atom. The molecule has 5 rings (SSSR count). The predicted octanol–water partition coefficient (Wildman–Crippen LogP) is 5.72. The Balaban J connectivity index is 1.22. The number of benzene rings is 3. The second-order valence-corrected chi connectivity index (χ2v) is 10.1. The minimum absolute atomic E-state index is 0.0688. The van der Waals surface area contributed by atoms with Gasteiger partial charge in [0.25, 0.3) is 5.91 Å². The fourth-order valence-electron chi connectivity index (χ4n) is 3.95. The van der Waals surface area contributed by atoms with E-state index in [1.165, 1.54) is 23.1 Å². The Morgan fingerprint density at radius 1 is 1.00 bits per heavy atom. The van der Waals surface area contributed by atoms with Crippen LogP contribution >= 0.6 is 23.1 Å². The molecule has 0 saturated carbocycles. The van der Waals surface area contributed by atoms with Gasteiger partial charge in [0.15, 0.2) is 5.13 Å². The minimum atomic E-state index is -0.0867. The average Bonchev–Trinajstić information content (AvgIpc) is 3.43. The van der Waals surface area contributed by atoms with Gasteiger partial charge in [0.1, 0.15) is 0 Å². The van der Waals surface area contributed by atoms with Gasteiger partial charge in [0.2, 0.25) is 5.91 Å². The summed E-state index contributed by atoms with van der Waals surface area (Å²) >= 11 is 2.97. The largest absolute Gasteiger partial charge is 0.350 e. The molecule has 0 aliphatic carbocycles. The Labute approximate surface area is 211 Å². The Bertz CT molecular complexity index is 1490. The number of amides is 2. The van der Waals surface area contributed by atoms with Gasteiger partial charge in [0, 0.05) is 40.6 Å². The van der Waals surface area contributed by atoms with Crippen LogP contribution in [0.15, 0.2) is 83.9 Å². The zero-order chi connectivity index (χ0) is 24.2. The molecule has 0 atom stereocenters. The number of rotatable bonds is 8. The van der Waals surface area contributed by atoms with Gasteiger partial charge in [-0.1, -0.05) is 59.9 Å². The molecule has 0 spiro atoms. The predicted molar refractivity (Wildman–Crippen MR) is 144 cm³/mol. The molecule has 0 fully saturated rings. The second kappa shape index (κ2) is 10.3. The first kappa shape index (κ1) is 23.1. The molecule has 2 N–H and O–H groups in total. The van der Waals surface area contributed by atoms with Gasteiger partial charge < -0.3 is 15.2 Å². The van der Waals surface area contributed by atoms with Crippen LogP contribution in [-0.4, -0.2) is 33.7 Å². The van der Waals surface area contributed by atoms with E-state index in [1.54, 1.807) is 0 Å². The molecule has 2 aromatic heterocycles. The first-order valence-electron chi connectivity index (χ1n) is 11.3. The smallest absolute Gasteiger partial charge is 0.251 e. The van der Waals surface area contributed by atoms with E-state index in [4.69, 9.17) is 0 Å². The molecule has 8 heteroatoms. The lowest BCUT2D eigenvalue weighted by Crippen LogP contribution is -2.27. The number of thioether (sulfide) groups is 1. The number of carbonyl (C=O) groups excluding carboxylic acids is 2. The van der Waals surface area contributed by atoms with Gasteiger partial charge in [-0.3, -0.25) is 9.59 Å². The molecule has 2 heterocycles. The van der Waals surface area contributed by atoms with Crippen molar-refractivity contribution < 1.29 is 9.59 Å². The van der Waals surface area contributed by atoms with Crippen molar-refractivity contribution in [1.82, 2.24) is 14.9 Å². The molecule has 0 saturated heterocycles. The van der Waals surface area contributed by atoms with Crippen LogP contribution in [0.1, 0.15) is 15.9 Å². The Hall–Kier alpha value is -3.62. The van der Waals surface area contributed by atoms with E-state index >= 15 is 0 Å². The highest BCUT2D eigenvalue weighted by Crippen LogP contribution is 2.31. The van der Waals surface area contributed by atoms with Crippen molar-refractivity contribution in [3.05, 3.63) is 90.1 Å². The normalized spacial score (nSPS) is 11.1. The third kappa shape index (κ3) is 5.23. The first-order valence-corrected chi connectivity index (χ1v) is 13.1. The van der Waals surface area contributed by atoms with Crippen LogP contribution in [0.2, 0.25) is 0 Å². The quantitative estimate of drug-likeness (QED) is 0.267. The maximum atomic E-state index is 12.6. The first-order chi connectivity index (χ1) is 17.1. The molecule has 176 valence electrons. The Kier molecular flexibility index (Phi) is 6.83. The highest BCUT2D eigenvalue weighted by molar-refractivity contribution is 8.00. The highest BCUT2D eigenvalue weighted by Gasteiger charge is 2.13. The molecule has 5 aromatic rings. The summed E-state index contributed by atoms with van der Waals surface area (Å²) in [7, 11) is 0. The lowest BCUT2D eigenvalue weighted by atomic mass is 10.1. The number of carbonyl (C=O) groups is 2. The van der Waals surface area contributed by atoms with Crippen molar-refractivity contribution in [1.29, 1.82) is 0 Å². The summed E-state index contributed by atoms with van der Waals surface area (Å²) in [5, 5.41) is 7.64. The van der Waals surface area contributed by atoms with E-state index in [-0.39, 0.29) is 17.6 Å². The molecule has 35 heavy (non-hydrogen) atoms. The number of aromatic nitrogens is 2. The molecule has 0 aliphatic heterocycles. The number of nitrogens with one attached hydrogen (secondary N) is 2. The third-order valence-corrected chi connectivity index (χ3v) is 7.67. The maximum absolute atomic E-state index is 12.6. The minimum Gasteiger partial charge on any atom is -0.350 e. The van der Waals surface area contributed by atoms with E-state index in [0.717, 1.165) is 31.6 Å². The number of aryl methyl sites for hydroxylation is 1. The van der Waals surface area contributed by atoms with Crippen molar-refractivity contribution in [2.45, 2.75) is 18.4 Å². The third-order valence-electron chi connectivity index (χ3n) is 5.68. The summed E-state index contributed by atoms with van der Waals surface area (Å²) in [5.74, 6) is 0.130. The summed E-state index contributed by atoms with van der Waals surface area (Å²) in [4.78, 5) is 30.6. The number of nitrogens with zero attached hydrogens (tertiary/aromatic N) is 2. The van der Waals surface area contributed by atoms with Crippen LogP contribution < -0.4 is 10.6 Å². The van der Waals surface area contributed by atoms with Gasteiger partial charge in [-0.15, -0.1) is 11.8 Å². The lowest BCUT2D eigenvalue weighted by Gasteiger charge is -2.09.